The van der Waals surface area contributed by atoms with Gasteiger partial charge in [0.05, 0.1) is 0 Å². The van der Waals surface area contributed by atoms with Gasteiger partial charge < -0.3 is 10.6 Å². The molecule has 1 heterocycles. The summed E-state index contributed by atoms with van der Waals surface area (Å²) >= 11 is 0. The smallest absolute Gasteiger partial charge is 0.0370 e. The zero-order valence-corrected chi connectivity index (χ0v) is 14.7. The summed E-state index contributed by atoms with van der Waals surface area (Å²) in [4.78, 5) is 2.44. The molecule has 1 fully saturated rings. The average Bonchev–Trinajstić information content (AvgIpc) is 2.87. The summed E-state index contributed by atoms with van der Waals surface area (Å²) in [6, 6.07) is 6.32. The minimum absolute atomic E-state index is 0.827. The first-order valence-electron chi connectivity index (χ1n) is 8.55. The Morgan fingerprint density at radius 1 is 1.33 bits per heavy atom. The summed E-state index contributed by atoms with van der Waals surface area (Å²) in [5.41, 5.74) is 9.19. The van der Waals surface area contributed by atoms with Crippen molar-refractivity contribution in [2.24, 2.45) is 11.8 Å². The SMILES string of the molecule is CCCCC(C)C.Cc1cc(N2CCC(C)C2)ccc1N. The molecule has 2 heteroatoms. The van der Waals surface area contributed by atoms with E-state index in [1.807, 2.05) is 6.07 Å². The summed E-state index contributed by atoms with van der Waals surface area (Å²) in [6.45, 7) is 13.5. The Balaban J connectivity index is 0.000000270. The van der Waals surface area contributed by atoms with Crippen LogP contribution in [0, 0.1) is 18.8 Å². The molecule has 1 saturated heterocycles. The second kappa shape index (κ2) is 8.96. The summed E-state index contributed by atoms with van der Waals surface area (Å²) in [6.07, 6.45) is 5.45. The predicted octanol–water partition coefficient (Wildman–Crippen LogP) is 5.26. The lowest BCUT2D eigenvalue weighted by molar-refractivity contribution is 0.550. The van der Waals surface area contributed by atoms with Gasteiger partial charge in [-0.2, -0.15) is 0 Å². The molecule has 1 aliphatic rings. The fourth-order valence-corrected chi connectivity index (χ4v) is 2.64. The number of rotatable bonds is 4. The predicted molar refractivity (Wildman–Crippen MR) is 95.9 cm³/mol. The molecular weight excluding hydrogens is 256 g/mol. The molecule has 0 saturated carbocycles. The number of nitrogens with zero attached hydrogens (tertiary/aromatic N) is 1. The van der Waals surface area contributed by atoms with Gasteiger partial charge in [0.1, 0.15) is 0 Å². The molecule has 1 atom stereocenters. The number of nitrogens with two attached hydrogens (primary N) is 1. The molecule has 1 aromatic rings. The van der Waals surface area contributed by atoms with Crippen molar-refractivity contribution >= 4 is 11.4 Å². The summed E-state index contributed by atoms with van der Waals surface area (Å²) < 4.78 is 0. The first-order valence-corrected chi connectivity index (χ1v) is 8.55. The van der Waals surface area contributed by atoms with Crippen molar-refractivity contribution in [2.75, 3.05) is 23.7 Å². The van der Waals surface area contributed by atoms with Crippen LogP contribution in [-0.4, -0.2) is 13.1 Å². The number of aryl methyl sites for hydroxylation is 1. The van der Waals surface area contributed by atoms with E-state index in [2.05, 4.69) is 51.7 Å². The van der Waals surface area contributed by atoms with Gasteiger partial charge in [0, 0.05) is 24.5 Å². The Morgan fingerprint density at radius 3 is 2.48 bits per heavy atom. The Labute approximate surface area is 131 Å². The maximum absolute atomic E-state index is 5.80. The van der Waals surface area contributed by atoms with E-state index in [-0.39, 0.29) is 0 Å². The van der Waals surface area contributed by atoms with Gasteiger partial charge in [-0.3, -0.25) is 0 Å². The van der Waals surface area contributed by atoms with Crippen molar-refractivity contribution < 1.29 is 0 Å². The quantitative estimate of drug-likeness (QED) is 0.767. The number of nitrogen functional groups attached to an aromatic ring is 1. The van der Waals surface area contributed by atoms with E-state index in [0.29, 0.717) is 0 Å². The van der Waals surface area contributed by atoms with E-state index in [4.69, 9.17) is 5.73 Å². The number of hydrogen-bond acceptors (Lipinski definition) is 2. The van der Waals surface area contributed by atoms with Gasteiger partial charge in [0.2, 0.25) is 0 Å². The van der Waals surface area contributed by atoms with E-state index in [9.17, 15) is 0 Å². The second-order valence-corrected chi connectivity index (χ2v) is 6.92. The third-order valence-electron chi connectivity index (χ3n) is 4.18. The topological polar surface area (TPSA) is 29.3 Å². The van der Waals surface area contributed by atoms with Crippen LogP contribution in [0.1, 0.15) is 58.9 Å². The molecule has 1 aromatic carbocycles. The van der Waals surface area contributed by atoms with E-state index < -0.39 is 0 Å². The Morgan fingerprint density at radius 2 is 2.05 bits per heavy atom. The molecule has 2 nitrogen and oxygen atoms in total. The number of benzene rings is 1. The average molecular weight is 290 g/mol. The van der Waals surface area contributed by atoms with Gasteiger partial charge in [0.15, 0.2) is 0 Å². The summed E-state index contributed by atoms with van der Waals surface area (Å²) in [5, 5.41) is 0. The largest absolute Gasteiger partial charge is 0.399 e. The maximum Gasteiger partial charge on any atom is 0.0370 e. The standard InChI is InChI=1S/C12H18N2.C7H16/c1-9-5-6-14(8-9)11-3-4-12(13)10(2)7-11;1-4-5-6-7(2)3/h3-4,7,9H,5-6,8,13H2,1-2H3;7H,4-6H2,1-3H3. The lowest BCUT2D eigenvalue weighted by Gasteiger charge is -2.19. The highest BCUT2D eigenvalue weighted by Gasteiger charge is 2.18. The van der Waals surface area contributed by atoms with Crippen LogP contribution in [0.2, 0.25) is 0 Å². The highest BCUT2D eigenvalue weighted by molar-refractivity contribution is 5.58. The van der Waals surface area contributed by atoms with Crippen LogP contribution in [0.15, 0.2) is 18.2 Å². The molecule has 120 valence electrons. The van der Waals surface area contributed by atoms with Gasteiger partial charge in [-0.1, -0.05) is 47.0 Å². The van der Waals surface area contributed by atoms with Gasteiger partial charge in [-0.05, 0) is 48.9 Å². The minimum atomic E-state index is 0.827. The van der Waals surface area contributed by atoms with Gasteiger partial charge in [-0.25, -0.2) is 0 Å². The van der Waals surface area contributed by atoms with Crippen LogP contribution in [0.4, 0.5) is 11.4 Å². The number of unbranched alkanes of at least 4 members (excludes halogenated alkanes) is 1. The molecule has 1 unspecified atom stereocenters. The first-order chi connectivity index (χ1) is 9.93. The monoisotopic (exact) mass is 290 g/mol. The third-order valence-corrected chi connectivity index (χ3v) is 4.18. The van der Waals surface area contributed by atoms with Crippen molar-refractivity contribution in [3.05, 3.63) is 23.8 Å². The second-order valence-electron chi connectivity index (χ2n) is 6.92. The maximum atomic E-state index is 5.80. The number of hydrogen-bond donors (Lipinski definition) is 1. The van der Waals surface area contributed by atoms with Gasteiger partial charge in [-0.15, -0.1) is 0 Å². The van der Waals surface area contributed by atoms with Crippen LogP contribution in [-0.2, 0) is 0 Å². The van der Waals surface area contributed by atoms with E-state index in [0.717, 1.165) is 17.5 Å². The molecule has 0 amide bonds. The molecule has 2 rings (SSSR count). The van der Waals surface area contributed by atoms with Crippen molar-refractivity contribution in [3.63, 3.8) is 0 Å². The lowest BCUT2D eigenvalue weighted by Crippen LogP contribution is -2.19. The summed E-state index contributed by atoms with van der Waals surface area (Å²) in [5.74, 6) is 1.73. The minimum Gasteiger partial charge on any atom is -0.399 e. The van der Waals surface area contributed by atoms with Crippen LogP contribution in [0.25, 0.3) is 0 Å². The van der Waals surface area contributed by atoms with E-state index in [1.54, 1.807) is 0 Å². The Kier molecular flexibility index (Phi) is 7.63. The van der Waals surface area contributed by atoms with Crippen molar-refractivity contribution in [1.29, 1.82) is 0 Å². The molecule has 0 aliphatic carbocycles. The Bertz CT molecular complexity index is 412. The third kappa shape index (κ3) is 6.41. The van der Waals surface area contributed by atoms with Crippen LogP contribution < -0.4 is 10.6 Å². The van der Waals surface area contributed by atoms with Crippen LogP contribution in [0.5, 0.6) is 0 Å². The highest BCUT2D eigenvalue weighted by Crippen LogP contribution is 2.26. The highest BCUT2D eigenvalue weighted by atomic mass is 15.1. The fourth-order valence-electron chi connectivity index (χ4n) is 2.64. The molecule has 0 aromatic heterocycles. The molecule has 21 heavy (non-hydrogen) atoms. The molecule has 0 bridgehead atoms. The Hall–Kier alpha value is -1.18. The van der Waals surface area contributed by atoms with E-state index in [1.165, 1.54) is 50.0 Å². The van der Waals surface area contributed by atoms with Crippen LogP contribution in [0.3, 0.4) is 0 Å². The van der Waals surface area contributed by atoms with E-state index >= 15 is 0 Å². The lowest BCUT2D eigenvalue weighted by atomic mass is 10.1. The van der Waals surface area contributed by atoms with Crippen LogP contribution >= 0.6 is 0 Å². The van der Waals surface area contributed by atoms with Gasteiger partial charge in [0.25, 0.3) is 0 Å². The first kappa shape index (κ1) is 17.9. The molecule has 0 spiro atoms. The fraction of sp³-hybridized carbons (Fsp3) is 0.684. The molecular formula is C19H34N2. The zero-order chi connectivity index (χ0) is 15.8. The zero-order valence-electron chi connectivity index (χ0n) is 14.7. The molecule has 0 radical (unpaired) electrons. The van der Waals surface area contributed by atoms with Crippen molar-refractivity contribution in [1.82, 2.24) is 0 Å². The molecule has 2 N–H and O–H groups in total. The summed E-state index contributed by atoms with van der Waals surface area (Å²) in [7, 11) is 0. The van der Waals surface area contributed by atoms with Gasteiger partial charge >= 0.3 is 0 Å². The number of anilines is 2. The normalized spacial score (nSPS) is 17.8. The molecule has 1 aliphatic heterocycles. The van der Waals surface area contributed by atoms with Crippen molar-refractivity contribution in [3.8, 4) is 0 Å². The van der Waals surface area contributed by atoms with Crippen molar-refractivity contribution in [2.45, 2.75) is 60.3 Å².